The first-order valence-corrected chi connectivity index (χ1v) is 12.9. The number of carbonyl (C=O) groups is 2. The molecule has 0 aliphatic heterocycles. The Morgan fingerprint density at radius 3 is 1.71 bits per heavy atom. The summed E-state index contributed by atoms with van der Waals surface area (Å²) in [5, 5.41) is 0. The van der Waals surface area contributed by atoms with Gasteiger partial charge in [0.05, 0.1) is 25.3 Å². The van der Waals surface area contributed by atoms with Gasteiger partial charge in [0, 0.05) is 9.13 Å². The van der Waals surface area contributed by atoms with Gasteiger partial charge in [0.1, 0.15) is 0 Å². The van der Waals surface area contributed by atoms with Crippen molar-refractivity contribution in [2.75, 3.05) is 14.2 Å². The highest BCUT2D eigenvalue weighted by Crippen LogP contribution is 2.40. The zero-order valence-corrected chi connectivity index (χ0v) is 22.9. The number of aryl methyl sites for hydroxylation is 2. The van der Waals surface area contributed by atoms with Crippen molar-refractivity contribution in [3.05, 3.63) is 66.8 Å². The Kier molecular flexibility index (Phi) is 10.8. The van der Waals surface area contributed by atoms with E-state index in [4.69, 9.17) is 9.47 Å². The Morgan fingerprint density at radius 2 is 1.29 bits per heavy atom. The Morgan fingerprint density at radius 1 is 0.829 bits per heavy atom. The third-order valence-electron chi connectivity index (χ3n) is 6.90. The van der Waals surface area contributed by atoms with Crippen LogP contribution in [0.5, 0.6) is 0 Å². The Balaban J connectivity index is 0.000000241. The van der Waals surface area contributed by atoms with Crippen molar-refractivity contribution < 1.29 is 19.1 Å². The molecule has 0 saturated heterocycles. The maximum atomic E-state index is 11.7. The molecule has 0 amide bonds. The number of methoxy groups -OCH3 is 2. The molecule has 2 saturated carbocycles. The van der Waals surface area contributed by atoms with Crippen molar-refractivity contribution in [3.63, 3.8) is 0 Å². The van der Waals surface area contributed by atoms with E-state index in [2.05, 4.69) is 46.6 Å². The fourth-order valence-corrected chi connectivity index (χ4v) is 5.33. The van der Waals surface area contributed by atoms with Gasteiger partial charge in [-0.25, -0.2) is 9.59 Å². The molecule has 0 heterocycles. The Labute approximate surface area is 224 Å². The number of benzene rings is 2. The Hall–Kier alpha value is -2.33. The quantitative estimate of drug-likeness (QED) is 0.209. The third-order valence-corrected chi connectivity index (χ3v) is 7.83. The number of hydrogen-bond donors (Lipinski definition) is 0. The molecule has 4 rings (SSSR count). The summed E-state index contributed by atoms with van der Waals surface area (Å²) in [7, 11) is 2.83. The van der Waals surface area contributed by atoms with Gasteiger partial charge >= 0.3 is 11.9 Å². The normalized spacial score (nSPS) is 14.6. The van der Waals surface area contributed by atoms with Crippen molar-refractivity contribution in [2.45, 2.75) is 78.6 Å². The summed E-state index contributed by atoms with van der Waals surface area (Å²) in [5.74, 6) is 6.84. The largest absolute Gasteiger partial charge is 0.465 e. The lowest BCUT2D eigenvalue weighted by atomic mass is 9.77. The van der Waals surface area contributed by atoms with E-state index in [-0.39, 0.29) is 19.4 Å². The lowest BCUT2D eigenvalue weighted by Crippen LogP contribution is -2.13. The molecule has 2 fully saturated rings. The van der Waals surface area contributed by atoms with Crippen LogP contribution >= 0.6 is 22.6 Å². The molecule has 2 aromatic rings. The standard InChI is InChI=1S/C16H18O2.C13H15IO2.CH4/c1-4-6-13-10-14(16(17)18-3)11(2)9-15(13)12-7-5-8-12;1-8-6-11(9-4-3-5-9)12(14)7-10(8)13(15)16-2;/h9-10,12H,5,7-8H2,1-3H3;6-7,9H,3-5H2,1-2H3;1H4. The van der Waals surface area contributed by atoms with Crippen LogP contribution in [0.4, 0.5) is 0 Å². The van der Waals surface area contributed by atoms with Gasteiger partial charge in [-0.3, -0.25) is 0 Å². The minimum atomic E-state index is -0.285. The van der Waals surface area contributed by atoms with E-state index in [0.717, 1.165) is 16.7 Å². The van der Waals surface area contributed by atoms with Gasteiger partial charge in [-0.15, -0.1) is 5.92 Å². The number of ether oxygens (including phenoxy) is 2. The van der Waals surface area contributed by atoms with Gasteiger partial charge in [-0.05, 0) is 115 Å². The molecule has 0 N–H and O–H groups in total. The van der Waals surface area contributed by atoms with E-state index in [1.165, 1.54) is 67.4 Å². The molecule has 0 spiro atoms. The van der Waals surface area contributed by atoms with Crippen molar-refractivity contribution in [2.24, 2.45) is 0 Å². The highest BCUT2D eigenvalue weighted by molar-refractivity contribution is 14.1. The summed E-state index contributed by atoms with van der Waals surface area (Å²) in [6.45, 7) is 5.75. The predicted octanol–water partition coefficient (Wildman–Crippen LogP) is 7.71. The minimum absolute atomic E-state index is 0. The first-order valence-electron chi connectivity index (χ1n) is 11.8. The molecule has 0 bridgehead atoms. The minimum Gasteiger partial charge on any atom is -0.465 e. The lowest BCUT2D eigenvalue weighted by molar-refractivity contribution is 0.0591. The second-order valence-corrected chi connectivity index (χ2v) is 10.2. The first-order chi connectivity index (χ1) is 16.3. The van der Waals surface area contributed by atoms with Gasteiger partial charge in [0.2, 0.25) is 0 Å². The monoisotopic (exact) mass is 588 g/mol. The summed E-state index contributed by atoms with van der Waals surface area (Å²) in [4.78, 5) is 23.2. The van der Waals surface area contributed by atoms with E-state index >= 15 is 0 Å². The van der Waals surface area contributed by atoms with Crippen LogP contribution in [0.3, 0.4) is 0 Å². The van der Waals surface area contributed by atoms with Crippen molar-refractivity contribution >= 4 is 34.5 Å². The van der Waals surface area contributed by atoms with Gasteiger partial charge in [-0.1, -0.05) is 38.3 Å². The number of halogens is 1. The molecule has 2 aliphatic rings. The SMILES string of the molecule is C.CC#Cc1cc(C(=O)OC)c(C)cc1C1CCC1.COC(=O)c1cc(I)c(C2CCC2)cc1C. The van der Waals surface area contributed by atoms with Gasteiger partial charge in [0.25, 0.3) is 0 Å². The van der Waals surface area contributed by atoms with E-state index in [0.29, 0.717) is 23.0 Å². The van der Waals surface area contributed by atoms with Crippen molar-refractivity contribution in [1.82, 2.24) is 0 Å². The lowest BCUT2D eigenvalue weighted by Gasteiger charge is -2.27. The molecule has 188 valence electrons. The maximum absolute atomic E-state index is 11.7. The van der Waals surface area contributed by atoms with Crippen LogP contribution in [0.25, 0.3) is 0 Å². The summed E-state index contributed by atoms with van der Waals surface area (Å²) in [6.07, 6.45) is 7.66. The average molecular weight is 589 g/mol. The summed E-state index contributed by atoms with van der Waals surface area (Å²) in [6, 6.07) is 8.09. The van der Waals surface area contributed by atoms with Crippen LogP contribution in [-0.2, 0) is 9.47 Å². The summed E-state index contributed by atoms with van der Waals surface area (Å²) < 4.78 is 10.8. The van der Waals surface area contributed by atoms with E-state index < -0.39 is 0 Å². The van der Waals surface area contributed by atoms with Crippen molar-refractivity contribution in [3.8, 4) is 11.8 Å². The van der Waals surface area contributed by atoms with Crippen LogP contribution in [0.1, 0.15) is 113 Å². The van der Waals surface area contributed by atoms with Gasteiger partial charge in [-0.2, -0.15) is 0 Å². The average Bonchev–Trinajstić information content (AvgIpc) is 2.75. The number of carbonyl (C=O) groups excluding carboxylic acids is 2. The second-order valence-electron chi connectivity index (χ2n) is 9.06. The molecule has 5 heteroatoms. The molecule has 35 heavy (non-hydrogen) atoms. The Bertz CT molecular complexity index is 1130. The van der Waals surface area contributed by atoms with Crippen LogP contribution < -0.4 is 0 Å². The van der Waals surface area contributed by atoms with E-state index in [1.807, 2.05) is 32.9 Å². The van der Waals surface area contributed by atoms with Crippen LogP contribution in [0.15, 0.2) is 24.3 Å². The second kappa shape index (κ2) is 13.1. The van der Waals surface area contributed by atoms with Gasteiger partial charge < -0.3 is 9.47 Å². The summed E-state index contributed by atoms with van der Waals surface area (Å²) >= 11 is 2.32. The molecule has 2 aromatic carbocycles. The van der Waals surface area contributed by atoms with Gasteiger partial charge in [0.15, 0.2) is 0 Å². The molecular formula is C30H37IO4. The van der Waals surface area contributed by atoms with Crippen LogP contribution in [0.2, 0.25) is 0 Å². The van der Waals surface area contributed by atoms with Crippen LogP contribution in [-0.4, -0.2) is 26.2 Å². The molecule has 0 radical (unpaired) electrons. The molecule has 0 unspecified atom stereocenters. The maximum Gasteiger partial charge on any atom is 0.338 e. The first kappa shape index (κ1) is 28.9. The zero-order valence-electron chi connectivity index (χ0n) is 20.7. The van der Waals surface area contributed by atoms with E-state index in [9.17, 15) is 9.59 Å². The van der Waals surface area contributed by atoms with Crippen LogP contribution in [0, 0.1) is 29.3 Å². The third kappa shape index (κ3) is 6.67. The molecular weight excluding hydrogens is 551 g/mol. The smallest absolute Gasteiger partial charge is 0.338 e. The number of esters is 2. The zero-order chi connectivity index (χ0) is 24.8. The fourth-order valence-electron chi connectivity index (χ4n) is 4.43. The molecule has 4 nitrogen and oxygen atoms in total. The molecule has 0 aromatic heterocycles. The highest BCUT2D eigenvalue weighted by atomic mass is 127. The van der Waals surface area contributed by atoms with Crippen molar-refractivity contribution in [1.29, 1.82) is 0 Å². The molecule has 0 atom stereocenters. The number of rotatable bonds is 4. The topological polar surface area (TPSA) is 52.6 Å². The number of hydrogen-bond acceptors (Lipinski definition) is 4. The predicted molar refractivity (Wildman–Crippen MR) is 150 cm³/mol. The highest BCUT2D eigenvalue weighted by Gasteiger charge is 2.24. The molecule has 2 aliphatic carbocycles. The van der Waals surface area contributed by atoms with E-state index in [1.54, 1.807) is 0 Å². The summed E-state index contributed by atoms with van der Waals surface area (Å²) in [5.41, 5.74) is 6.99. The fraction of sp³-hybridized carbons (Fsp3) is 0.467.